The molecular weight excluding hydrogens is 457 g/mol. The van der Waals surface area contributed by atoms with E-state index in [0.29, 0.717) is 17.5 Å². The van der Waals surface area contributed by atoms with Crippen molar-refractivity contribution in [1.29, 1.82) is 0 Å². The van der Waals surface area contributed by atoms with Gasteiger partial charge in [-0.1, -0.05) is 18.2 Å². The van der Waals surface area contributed by atoms with Gasteiger partial charge in [-0.05, 0) is 55.6 Å². The summed E-state index contributed by atoms with van der Waals surface area (Å²) in [7, 11) is 2.13. The molecule has 2 heterocycles. The van der Waals surface area contributed by atoms with Crippen LogP contribution in [0.1, 0.15) is 0 Å². The van der Waals surface area contributed by atoms with Gasteiger partial charge in [0.05, 0.1) is 17.6 Å². The Balaban J connectivity index is 1.49. The molecule has 34 heavy (non-hydrogen) atoms. The maximum absolute atomic E-state index is 13.7. The summed E-state index contributed by atoms with van der Waals surface area (Å²) in [6.07, 6.45) is 2.56. The number of nitrogens with one attached hydrogen (secondary N) is 3. The summed E-state index contributed by atoms with van der Waals surface area (Å²) in [6, 6.07) is 12.0. The van der Waals surface area contributed by atoms with Crippen molar-refractivity contribution in [3.63, 3.8) is 0 Å². The summed E-state index contributed by atoms with van der Waals surface area (Å²) >= 11 is 6.28. The number of anilines is 6. The third kappa shape index (κ3) is 5.81. The number of nitrogens with zero attached hydrogens (tertiary/aromatic N) is 4. The Morgan fingerprint density at radius 3 is 2.53 bits per heavy atom. The monoisotopic (exact) mass is 481 g/mol. The fourth-order valence-electron chi connectivity index (χ4n) is 3.50. The molecule has 1 amide bonds. The second-order valence-corrected chi connectivity index (χ2v) is 8.27. The van der Waals surface area contributed by atoms with E-state index in [1.165, 1.54) is 30.1 Å². The van der Waals surface area contributed by atoms with Crippen LogP contribution in [-0.2, 0) is 4.79 Å². The van der Waals surface area contributed by atoms with Crippen LogP contribution in [-0.4, -0.2) is 54.0 Å². The predicted molar refractivity (Wildman–Crippen MR) is 135 cm³/mol. The number of halogens is 2. The van der Waals surface area contributed by atoms with Gasteiger partial charge in [0.15, 0.2) is 5.82 Å². The first-order valence-corrected chi connectivity index (χ1v) is 11.1. The van der Waals surface area contributed by atoms with E-state index in [-0.39, 0.29) is 10.7 Å². The zero-order chi connectivity index (χ0) is 24.1. The molecule has 0 saturated carbocycles. The van der Waals surface area contributed by atoms with Crippen LogP contribution in [0.2, 0.25) is 5.02 Å². The normalized spacial score (nSPS) is 13.9. The maximum Gasteiger partial charge on any atom is 0.247 e. The molecule has 3 aromatic rings. The Labute approximate surface area is 202 Å². The average Bonchev–Trinajstić information content (AvgIpc) is 2.84. The third-order valence-electron chi connectivity index (χ3n) is 5.41. The second-order valence-electron chi connectivity index (χ2n) is 7.86. The van der Waals surface area contributed by atoms with Crippen molar-refractivity contribution in [2.45, 2.75) is 0 Å². The average molecular weight is 482 g/mol. The number of hydrogen-bond acceptors (Lipinski definition) is 7. The van der Waals surface area contributed by atoms with Crippen LogP contribution in [0.5, 0.6) is 0 Å². The number of amides is 1. The lowest BCUT2D eigenvalue weighted by Gasteiger charge is -2.34. The Morgan fingerprint density at radius 2 is 1.82 bits per heavy atom. The van der Waals surface area contributed by atoms with Crippen LogP contribution in [0.25, 0.3) is 0 Å². The van der Waals surface area contributed by atoms with Gasteiger partial charge in [0.1, 0.15) is 10.8 Å². The Morgan fingerprint density at radius 1 is 1.09 bits per heavy atom. The van der Waals surface area contributed by atoms with Gasteiger partial charge in [-0.2, -0.15) is 4.98 Å². The van der Waals surface area contributed by atoms with E-state index < -0.39 is 11.7 Å². The van der Waals surface area contributed by atoms with Gasteiger partial charge < -0.3 is 25.8 Å². The topological polar surface area (TPSA) is 85.4 Å². The fraction of sp³-hybridized carbons (Fsp3) is 0.208. The number of aromatic nitrogens is 2. The number of piperazine rings is 1. The Bertz CT molecular complexity index is 1180. The molecule has 1 aromatic heterocycles. The lowest BCUT2D eigenvalue weighted by molar-refractivity contribution is -0.111. The Hall–Kier alpha value is -3.69. The smallest absolute Gasteiger partial charge is 0.247 e. The first-order valence-electron chi connectivity index (χ1n) is 10.7. The first-order chi connectivity index (χ1) is 16.4. The van der Waals surface area contributed by atoms with Gasteiger partial charge in [-0.15, -0.1) is 0 Å². The van der Waals surface area contributed by atoms with Crippen LogP contribution >= 0.6 is 11.6 Å². The minimum atomic E-state index is -0.499. The zero-order valence-corrected chi connectivity index (χ0v) is 19.4. The molecule has 1 aliphatic rings. The highest BCUT2D eigenvalue weighted by Gasteiger charge is 2.15. The molecule has 8 nitrogen and oxygen atoms in total. The number of rotatable bonds is 7. The zero-order valence-electron chi connectivity index (χ0n) is 18.7. The summed E-state index contributed by atoms with van der Waals surface area (Å²) in [5.41, 5.74) is 2.64. The standard InChI is InChI=1S/C24H25ClFN7O/c1-3-22(34)29-21-14-16(26)4-9-20(21)30-23-19(25)15-27-24(31-23)28-17-5-7-18(8-6-17)33-12-10-32(2)11-13-33/h3-9,14-15H,1,10-13H2,2H3,(H,29,34)(H2,27,28,30,31). The van der Waals surface area contributed by atoms with Gasteiger partial charge in [0.2, 0.25) is 11.9 Å². The van der Waals surface area contributed by atoms with Crippen molar-refractivity contribution in [1.82, 2.24) is 14.9 Å². The fourth-order valence-corrected chi connectivity index (χ4v) is 3.64. The van der Waals surface area contributed by atoms with Gasteiger partial charge in [0, 0.05) is 37.6 Å². The quantitative estimate of drug-likeness (QED) is 0.424. The lowest BCUT2D eigenvalue weighted by atomic mass is 10.2. The number of benzene rings is 2. The van der Waals surface area contributed by atoms with Crippen LogP contribution in [0.15, 0.2) is 61.3 Å². The van der Waals surface area contributed by atoms with Crippen LogP contribution < -0.4 is 20.9 Å². The van der Waals surface area contributed by atoms with Crippen molar-refractivity contribution in [2.75, 3.05) is 54.1 Å². The van der Waals surface area contributed by atoms with Gasteiger partial charge in [-0.25, -0.2) is 9.37 Å². The molecule has 0 spiro atoms. The van der Waals surface area contributed by atoms with Crippen LogP contribution in [0.4, 0.5) is 38.9 Å². The first kappa shape index (κ1) is 23.5. The van der Waals surface area contributed by atoms with Gasteiger partial charge >= 0.3 is 0 Å². The van der Waals surface area contributed by atoms with Crippen molar-refractivity contribution in [3.05, 3.63) is 72.2 Å². The van der Waals surface area contributed by atoms with Gasteiger partial charge in [0.25, 0.3) is 0 Å². The summed E-state index contributed by atoms with van der Waals surface area (Å²) < 4.78 is 13.7. The van der Waals surface area contributed by atoms with E-state index in [0.717, 1.165) is 37.9 Å². The van der Waals surface area contributed by atoms with E-state index in [1.807, 2.05) is 12.1 Å². The highest BCUT2D eigenvalue weighted by atomic mass is 35.5. The van der Waals surface area contributed by atoms with E-state index in [1.54, 1.807) is 0 Å². The summed E-state index contributed by atoms with van der Waals surface area (Å²) in [4.78, 5) is 25.1. The largest absolute Gasteiger partial charge is 0.369 e. The molecule has 0 aliphatic carbocycles. The SMILES string of the molecule is C=CC(=O)Nc1cc(F)ccc1Nc1nc(Nc2ccc(N3CCN(C)CC3)cc2)ncc1Cl. The minimum absolute atomic E-state index is 0.230. The highest BCUT2D eigenvalue weighted by molar-refractivity contribution is 6.33. The molecule has 0 bridgehead atoms. The summed E-state index contributed by atoms with van der Waals surface area (Å²) in [6.45, 7) is 7.49. The predicted octanol–water partition coefficient (Wildman–Crippen LogP) is 4.63. The Kier molecular flexibility index (Phi) is 7.24. The molecule has 0 radical (unpaired) electrons. The molecule has 0 unspecified atom stereocenters. The minimum Gasteiger partial charge on any atom is -0.369 e. The van der Waals surface area contributed by atoms with Crippen LogP contribution in [0, 0.1) is 5.82 Å². The molecule has 1 saturated heterocycles. The van der Waals surface area contributed by atoms with E-state index in [4.69, 9.17) is 11.6 Å². The molecule has 1 fully saturated rings. The number of carbonyl (C=O) groups excluding carboxylic acids is 1. The third-order valence-corrected chi connectivity index (χ3v) is 5.69. The molecular formula is C24H25ClFN7O. The summed E-state index contributed by atoms with van der Waals surface area (Å²) in [5.74, 6) is -0.335. The maximum atomic E-state index is 13.7. The molecule has 4 rings (SSSR count). The molecule has 0 atom stereocenters. The second kappa shape index (κ2) is 10.5. The van der Waals surface area contributed by atoms with Crippen molar-refractivity contribution in [3.8, 4) is 0 Å². The van der Waals surface area contributed by atoms with Crippen molar-refractivity contribution < 1.29 is 9.18 Å². The van der Waals surface area contributed by atoms with Gasteiger partial charge in [-0.3, -0.25) is 4.79 Å². The van der Waals surface area contributed by atoms with E-state index in [2.05, 4.69) is 61.5 Å². The molecule has 1 aliphatic heterocycles. The molecule has 2 aromatic carbocycles. The summed E-state index contributed by atoms with van der Waals surface area (Å²) in [5, 5.41) is 9.03. The van der Waals surface area contributed by atoms with Crippen molar-refractivity contribution in [2.24, 2.45) is 0 Å². The highest BCUT2D eigenvalue weighted by Crippen LogP contribution is 2.30. The van der Waals surface area contributed by atoms with E-state index in [9.17, 15) is 9.18 Å². The number of carbonyl (C=O) groups is 1. The van der Waals surface area contributed by atoms with Crippen LogP contribution in [0.3, 0.4) is 0 Å². The molecule has 3 N–H and O–H groups in total. The van der Waals surface area contributed by atoms with Crippen molar-refractivity contribution >= 4 is 52.0 Å². The number of likely N-dealkylation sites (N-methyl/N-ethyl adjacent to an activating group) is 1. The van der Waals surface area contributed by atoms with E-state index >= 15 is 0 Å². The molecule has 10 heteroatoms. The lowest BCUT2D eigenvalue weighted by Crippen LogP contribution is -2.44. The number of hydrogen-bond donors (Lipinski definition) is 3. The molecule has 176 valence electrons.